The molecule has 0 saturated heterocycles. The normalized spacial score (nSPS) is 11.7. The lowest BCUT2D eigenvalue weighted by Gasteiger charge is -2.11. The average Bonchev–Trinajstić information content (AvgIpc) is 3.06. The number of carbonyl (C=O) groups is 2. The zero-order valence-corrected chi connectivity index (χ0v) is 27.8. The first kappa shape index (κ1) is 36.7. The number of esters is 2. The van der Waals surface area contributed by atoms with Crippen molar-refractivity contribution in [2.45, 2.75) is 104 Å². The van der Waals surface area contributed by atoms with E-state index >= 15 is 0 Å². The highest BCUT2D eigenvalue weighted by Crippen LogP contribution is 2.27. The minimum atomic E-state index is -0.717. The summed E-state index contributed by atoms with van der Waals surface area (Å²) in [7, 11) is 0. The molecule has 0 aliphatic rings. The van der Waals surface area contributed by atoms with Crippen molar-refractivity contribution in [3.05, 3.63) is 83.4 Å². The first-order valence-electron chi connectivity index (χ1n) is 17.0. The lowest BCUT2D eigenvalue weighted by atomic mass is 10.0. The minimum Gasteiger partial charge on any atom is -0.491 e. The zero-order valence-electron chi connectivity index (χ0n) is 27.8. The fraction of sp³-hybridized carbons (Fsp3) is 0.487. The molecule has 0 aromatic heterocycles. The fourth-order valence-corrected chi connectivity index (χ4v) is 5.03. The molecular formula is C39H50F2O5. The van der Waals surface area contributed by atoms with Crippen LogP contribution >= 0.6 is 0 Å². The summed E-state index contributed by atoms with van der Waals surface area (Å²) in [6, 6.07) is 14.5. The van der Waals surface area contributed by atoms with Gasteiger partial charge in [-0.25, -0.2) is 18.4 Å². The second-order valence-corrected chi connectivity index (χ2v) is 12.1. The van der Waals surface area contributed by atoms with Gasteiger partial charge in [-0.3, -0.25) is 0 Å². The zero-order chi connectivity index (χ0) is 33.1. The summed E-state index contributed by atoms with van der Waals surface area (Å²) in [5, 5.41) is 0. The van der Waals surface area contributed by atoms with Gasteiger partial charge in [0.1, 0.15) is 11.6 Å². The number of hydrogen-bond acceptors (Lipinski definition) is 5. The number of unbranched alkanes of at least 4 members (excludes halogenated alkanes) is 11. The summed E-state index contributed by atoms with van der Waals surface area (Å²) < 4.78 is 45.8. The predicted molar refractivity (Wildman–Crippen MR) is 180 cm³/mol. The van der Waals surface area contributed by atoms with Crippen LogP contribution in [0.4, 0.5) is 8.78 Å². The van der Waals surface area contributed by atoms with Crippen LogP contribution in [0.3, 0.4) is 0 Å². The molecule has 0 bridgehead atoms. The van der Waals surface area contributed by atoms with Gasteiger partial charge in [0, 0.05) is 5.56 Å². The molecule has 0 heterocycles. The van der Waals surface area contributed by atoms with Crippen LogP contribution < -0.4 is 9.47 Å². The van der Waals surface area contributed by atoms with E-state index in [1.54, 1.807) is 12.1 Å². The Hall–Kier alpha value is -3.74. The monoisotopic (exact) mass is 636 g/mol. The molecule has 3 aromatic rings. The van der Waals surface area contributed by atoms with Gasteiger partial charge in [-0.1, -0.05) is 116 Å². The van der Waals surface area contributed by atoms with Crippen LogP contribution in [-0.4, -0.2) is 25.2 Å². The summed E-state index contributed by atoms with van der Waals surface area (Å²) in [6.45, 7) is 6.93. The van der Waals surface area contributed by atoms with Gasteiger partial charge in [-0.05, 0) is 60.4 Å². The molecule has 0 saturated carbocycles. The van der Waals surface area contributed by atoms with Crippen molar-refractivity contribution in [1.29, 1.82) is 0 Å². The van der Waals surface area contributed by atoms with Crippen LogP contribution in [0, 0.1) is 17.6 Å². The molecule has 7 heteroatoms. The van der Waals surface area contributed by atoms with Crippen molar-refractivity contribution in [1.82, 2.24) is 0 Å². The molecule has 1 atom stereocenters. The Morgan fingerprint density at radius 2 is 1.24 bits per heavy atom. The maximum absolute atomic E-state index is 14.8. The number of hydrogen-bond donors (Lipinski definition) is 0. The molecule has 5 nitrogen and oxygen atoms in total. The number of ether oxygens (including phenoxy) is 3. The standard InChI is InChI=1S/C39H50F2O5/c1-4-6-7-8-9-10-11-12-13-14-15-16-25-44-37-24-20-32(27-36(37)41)39(43)46-33-21-17-30(18-22-33)34-23-19-31(26-35(34)40)38(42)45-28-29(3)5-2/h17-24,26-27,29H,4-16,25,28H2,1-3H3/t29-/m0/s1. The molecule has 0 aliphatic heterocycles. The molecule has 0 amide bonds. The van der Waals surface area contributed by atoms with E-state index in [2.05, 4.69) is 6.92 Å². The van der Waals surface area contributed by atoms with Gasteiger partial charge in [-0.15, -0.1) is 0 Å². The topological polar surface area (TPSA) is 61.8 Å². The molecule has 250 valence electrons. The van der Waals surface area contributed by atoms with Crippen LogP contribution in [0.5, 0.6) is 11.5 Å². The van der Waals surface area contributed by atoms with E-state index in [9.17, 15) is 18.4 Å². The Morgan fingerprint density at radius 1 is 0.674 bits per heavy atom. The Morgan fingerprint density at radius 3 is 1.83 bits per heavy atom. The van der Waals surface area contributed by atoms with Crippen molar-refractivity contribution in [2.24, 2.45) is 5.92 Å². The van der Waals surface area contributed by atoms with Crippen LogP contribution in [0.1, 0.15) is 125 Å². The SMILES string of the molecule is CCCCCCCCCCCCCCOc1ccc(C(=O)Oc2ccc(-c3ccc(C(=O)OC[C@@H](C)CC)cc3F)cc2)cc1F. The van der Waals surface area contributed by atoms with Gasteiger partial charge in [0.25, 0.3) is 0 Å². The third kappa shape index (κ3) is 12.6. The summed E-state index contributed by atoms with van der Waals surface area (Å²) in [5.74, 6) is -1.90. The molecule has 0 spiro atoms. The number of benzene rings is 3. The fourth-order valence-electron chi connectivity index (χ4n) is 5.03. The molecule has 0 unspecified atom stereocenters. The van der Waals surface area contributed by atoms with Gasteiger partial charge in [0.2, 0.25) is 0 Å². The van der Waals surface area contributed by atoms with Crippen molar-refractivity contribution < 1.29 is 32.6 Å². The van der Waals surface area contributed by atoms with E-state index in [0.29, 0.717) is 12.2 Å². The van der Waals surface area contributed by atoms with E-state index in [1.807, 2.05) is 13.8 Å². The van der Waals surface area contributed by atoms with Crippen molar-refractivity contribution in [3.63, 3.8) is 0 Å². The molecule has 0 aliphatic carbocycles. The predicted octanol–water partition coefficient (Wildman–Crippen LogP) is 11.1. The molecule has 46 heavy (non-hydrogen) atoms. The van der Waals surface area contributed by atoms with Gasteiger partial charge < -0.3 is 14.2 Å². The van der Waals surface area contributed by atoms with E-state index < -0.39 is 23.6 Å². The Labute approximate surface area is 273 Å². The van der Waals surface area contributed by atoms with Crippen LogP contribution in [0.2, 0.25) is 0 Å². The van der Waals surface area contributed by atoms with Crippen LogP contribution in [0.15, 0.2) is 60.7 Å². The average molecular weight is 637 g/mol. The van der Waals surface area contributed by atoms with Crippen LogP contribution in [-0.2, 0) is 4.74 Å². The maximum atomic E-state index is 14.8. The lowest BCUT2D eigenvalue weighted by Crippen LogP contribution is -2.11. The number of rotatable bonds is 21. The third-order valence-corrected chi connectivity index (χ3v) is 8.20. The van der Waals surface area contributed by atoms with E-state index in [-0.39, 0.29) is 40.7 Å². The molecule has 0 radical (unpaired) electrons. The quantitative estimate of drug-likeness (QED) is 0.0661. The highest BCUT2D eigenvalue weighted by molar-refractivity contribution is 5.91. The third-order valence-electron chi connectivity index (χ3n) is 8.20. The molecule has 0 N–H and O–H groups in total. The molecule has 3 rings (SSSR count). The minimum absolute atomic E-state index is 0.0566. The molecular weight excluding hydrogens is 586 g/mol. The number of halogens is 2. The summed E-state index contributed by atoms with van der Waals surface area (Å²) in [5.41, 5.74) is 1.03. The molecule has 0 fully saturated rings. The highest BCUT2D eigenvalue weighted by atomic mass is 19.1. The summed E-state index contributed by atoms with van der Waals surface area (Å²) >= 11 is 0. The summed E-state index contributed by atoms with van der Waals surface area (Å²) in [4.78, 5) is 24.9. The van der Waals surface area contributed by atoms with Crippen molar-refractivity contribution in [2.75, 3.05) is 13.2 Å². The van der Waals surface area contributed by atoms with E-state index in [0.717, 1.165) is 37.8 Å². The Bertz CT molecular complexity index is 1350. The Balaban J connectivity index is 1.40. The second kappa shape index (κ2) is 20.4. The van der Waals surface area contributed by atoms with Gasteiger partial charge in [0.05, 0.1) is 24.3 Å². The van der Waals surface area contributed by atoms with Crippen LogP contribution in [0.25, 0.3) is 11.1 Å². The van der Waals surface area contributed by atoms with E-state index in [1.165, 1.54) is 94.2 Å². The van der Waals surface area contributed by atoms with Crippen molar-refractivity contribution in [3.8, 4) is 22.6 Å². The number of carbonyl (C=O) groups excluding carboxylic acids is 2. The highest BCUT2D eigenvalue weighted by Gasteiger charge is 2.15. The first-order chi connectivity index (χ1) is 22.3. The lowest BCUT2D eigenvalue weighted by molar-refractivity contribution is 0.0446. The van der Waals surface area contributed by atoms with Crippen molar-refractivity contribution >= 4 is 11.9 Å². The van der Waals surface area contributed by atoms with Gasteiger partial charge in [0.15, 0.2) is 11.6 Å². The molecule has 3 aromatic carbocycles. The summed E-state index contributed by atoms with van der Waals surface area (Å²) in [6.07, 6.45) is 15.8. The smallest absolute Gasteiger partial charge is 0.343 e. The van der Waals surface area contributed by atoms with E-state index in [4.69, 9.17) is 14.2 Å². The maximum Gasteiger partial charge on any atom is 0.343 e. The van der Waals surface area contributed by atoms with Gasteiger partial charge in [-0.2, -0.15) is 0 Å². The first-order valence-corrected chi connectivity index (χ1v) is 17.0. The second-order valence-electron chi connectivity index (χ2n) is 12.1. The largest absolute Gasteiger partial charge is 0.491 e. The van der Waals surface area contributed by atoms with Gasteiger partial charge >= 0.3 is 11.9 Å². The Kier molecular flexibility index (Phi) is 16.3.